The van der Waals surface area contributed by atoms with Gasteiger partial charge in [0.05, 0.1) is 0 Å². The first-order chi connectivity index (χ1) is 8.99. The highest BCUT2D eigenvalue weighted by Gasteiger charge is 2.18. The van der Waals surface area contributed by atoms with Crippen molar-refractivity contribution in [3.05, 3.63) is 23.9 Å². The van der Waals surface area contributed by atoms with Crippen LogP contribution in [0.15, 0.2) is 18.3 Å². The zero-order chi connectivity index (χ0) is 14.4. The lowest BCUT2D eigenvalue weighted by molar-refractivity contribution is 0.503. The predicted molar refractivity (Wildman–Crippen MR) is 86.7 cm³/mol. The fraction of sp³-hybridized carbons (Fsp3) is 0.600. The molecule has 0 amide bonds. The van der Waals surface area contributed by atoms with Crippen LogP contribution in [-0.4, -0.2) is 22.6 Å². The van der Waals surface area contributed by atoms with E-state index in [0.717, 1.165) is 30.8 Å². The average Bonchev–Trinajstić information content (AvgIpc) is 2.38. The Morgan fingerprint density at radius 2 is 2.00 bits per heavy atom. The third-order valence-corrected chi connectivity index (χ3v) is 3.51. The quantitative estimate of drug-likeness (QED) is 0.777. The van der Waals surface area contributed by atoms with Crippen LogP contribution in [0.2, 0.25) is 0 Å². The van der Waals surface area contributed by atoms with Gasteiger partial charge in [0, 0.05) is 24.3 Å². The monoisotopic (exact) mass is 279 g/mol. The van der Waals surface area contributed by atoms with Crippen LogP contribution in [0.4, 0.5) is 5.82 Å². The van der Waals surface area contributed by atoms with Crippen molar-refractivity contribution in [2.24, 2.45) is 11.7 Å². The summed E-state index contributed by atoms with van der Waals surface area (Å²) in [6, 6.07) is 4.38. The molecule has 0 unspecified atom stereocenters. The normalized spacial score (nSPS) is 11.1. The minimum absolute atomic E-state index is 0.428. The van der Waals surface area contributed by atoms with Gasteiger partial charge in [0.1, 0.15) is 10.8 Å². The molecule has 0 radical (unpaired) electrons. The van der Waals surface area contributed by atoms with Crippen molar-refractivity contribution in [1.29, 1.82) is 0 Å². The largest absolute Gasteiger partial charge is 0.389 e. The topological polar surface area (TPSA) is 42.1 Å². The van der Waals surface area contributed by atoms with Gasteiger partial charge in [-0.25, -0.2) is 4.98 Å². The van der Waals surface area contributed by atoms with Crippen LogP contribution in [0.1, 0.15) is 46.1 Å². The van der Waals surface area contributed by atoms with Crippen LogP contribution in [0.5, 0.6) is 0 Å². The van der Waals surface area contributed by atoms with Crippen LogP contribution >= 0.6 is 12.2 Å². The van der Waals surface area contributed by atoms with E-state index in [9.17, 15) is 0 Å². The van der Waals surface area contributed by atoms with Crippen molar-refractivity contribution in [1.82, 2.24) is 4.98 Å². The van der Waals surface area contributed by atoms with Gasteiger partial charge in [-0.2, -0.15) is 0 Å². The molecule has 1 aromatic rings. The molecule has 1 heterocycles. The van der Waals surface area contributed by atoms with Gasteiger partial charge >= 0.3 is 0 Å². The molecule has 0 aliphatic heterocycles. The molecule has 106 valence electrons. The lowest BCUT2D eigenvalue weighted by Crippen LogP contribution is -2.38. The maximum atomic E-state index is 5.71. The van der Waals surface area contributed by atoms with Crippen LogP contribution in [-0.2, 0) is 0 Å². The molecule has 0 aliphatic rings. The second-order valence-electron chi connectivity index (χ2n) is 5.28. The van der Waals surface area contributed by atoms with Gasteiger partial charge in [0.15, 0.2) is 0 Å². The number of nitrogens with zero attached hydrogens (tertiary/aromatic N) is 2. The highest BCUT2D eigenvalue weighted by molar-refractivity contribution is 7.80. The van der Waals surface area contributed by atoms with E-state index < -0.39 is 0 Å². The molecule has 19 heavy (non-hydrogen) atoms. The molecule has 0 aromatic carbocycles. The molecule has 0 atom stereocenters. The van der Waals surface area contributed by atoms with Gasteiger partial charge in [0.2, 0.25) is 0 Å². The smallest absolute Gasteiger partial charge is 0.129 e. The number of anilines is 1. The second kappa shape index (κ2) is 7.43. The fourth-order valence-corrected chi connectivity index (χ4v) is 2.41. The summed E-state index contributed by atoms with van der Waals surface area (Å²) in [5.41, 5.74) is 6.60. The summed E-state index contributed by atoms with van der Waals surface area (Å²) in [7, 11) is 0. The number of rotatable bonds is 7. The Balaban J connectivity index is 3.08. The first kappa shape index (κ1) is 15.9. The summed E-state index contributed by atoms with van der Waals surface area (Å²) in [5, 5.41) is 0. The number of aromatic nitrogens is 1. The Kier molecular flexibility index (Phi) is 6.22. The summed E-state index contributed by atoms with van der Waals surface area (Å²) in [6.07, 6.45) is 4.02. The van der Waals surface area contributed by atoms with E-state index in [-0.39, 0.29) is 0 Å². The third kappa shape index (κ3) is 4.46. The van der Waals surface area contributed by atoms with E-state index >= 15 is 0 Å². The lowest BCUT2D eigenvalue weighted by Gasteiger charge is -2.33. The molecule has 2 N–H and O–H groups in total. The molecule has 0 aliphatic carbocycles. The standard InChI is InChI=1S/C15H25N3S/c1-5-13(6-2)18(10-11(3)4)14-9-12(15(16)19)7-8-17-14/h7-9,11,13H,5-6,10H2,1-4H3,(H2,16,19). The number of nitrogens with two attached hydrogens (primary N) is 1. The van der Waals surface area contributed by atoms with Crippen molar-refractivity contribution in [2.75, 3.05) is 11.4 Å². The molecule has 3 nitrogen and oxygen atoms in total. The Morgan fingerprint density at radius 3 is 2.47 bits per heavy atom. The molecule has 4 heteroatoms. The van der Waals surface area contributed by atoms with Gasteiger partial charge in [-0.05, 0) is 30.9 Å². The van der Waals surface area contributed by atoms with Crippen molar-refractivity contribution in [2.45, 2.75) is 46.6 Å². The SMILES string of the molecule is CCC(CC)N(CC(C)C)c1cc(C(N)=S)ccn1. The van der Waals surface area contributed by atoms with E-state index in [4.69, 9.17) is 18.0 Å². The molecular formula is C15H25N3S. The number of hydrogen-bond acceptors (Lipinski definition) is 3. The molecule has 1 rings (SSSR count). The highest BCUT2D eigenvalue weighted by Crippen LogP contribution is 2.21. The number of thiocarbonyl (C=S) groups is 1. The Morgan fingerprint density at radius 1 is 1.37 bits per heavy atom. The molecule has 0 saturated carbocycles. The second-order valence-corrected chi connectivity index (χ2v) is 5.72. The fourth-order valence-electron chi connectivity index (χ4n) is 2.28. The summed E-state index contributed by atoms with van der Waals surface area (Å²) < 4.78 is 0. The first-order valence-electron chi connectivity index (χ1n) is 7.02. The maximum absolute atomic E-state index is 5.71. The minimum Gasteiger partial charge on any atom is -0.389 e. The summed E-state index contributed by atoms with van der Waals surface area (Å²) in [4.78, 5) is 7.31. The van der Waals surface area contributed by atoms with Crippen molar-refractivity contribution < 1.29 is 0 Å². The van der Waals surface area contributed by atoms with E-state index in [0.29, 0.717) is 16.9 Å². The average molecular weight is 279 g/mol. The maximum Gasteiger partial charge on any atom is 0.129 e. The van der Waals surface area contributed by atoms with Gasteiger partial charge in [-0.1, -0.05) is 39.9 Å². The highest BCUT2D eigenvalue weighted by atomic mass is 32.1. The van der Waals surface area contributed by atoms with Gasteiger partial charge in [0.25, 0.3) is 0 Å². The van der Waals surface area contributed by atoms with Crippen LogP contribution in [0.3, 0.4) is 0 Å². The number of pyridine rings is 1. The molecule has 0 spiro atoms. The molecular weight excluding hydrogens is 254 g/mol. The van der Waals surface area contributed by atoms with E-state index in [1.807, 2.05) is 12.1 Å². The molecule has 1 aromatic heterocycles. The Hall–Kier alpha value is -1.16. The summed E-state index contributed by atoms with van der Waals surface area (Å²) in [5.74, 6) is 1.57. The Bertz CT molecular complexity index is 414. The van der Waals surface area contributed by atoms with Gasteiger partial charge in [-0.15, -0.1) is 0 Å². The van der Waals surface area contributed by atoms with Crippen LogP contribution < -0.4 is 10.6 Å². The first-order valence-corrected chi connectivity index (χ1v) is 7.42. The number of hydrogen-bond donors (Lipinski definition) is 1. The van der Waals surface area contributed by atoms with Gasteiger partial charge in [-0.3, -0.25) is 0 Å². The lowest BCUT2D eigenvalue weighted by atomic mass is 10.1. The van der Waals surface area contributed by atoms with Gasteiger partial charge < -0.3 is 10.6 Å². The zero-order valence-corrected chi connectivity index (χ0v) is 13.2. The molecule has 0 saturated heterocycles. The zero-order valence-electron chi connectivity index (χ0n) is 12.4. The van der Waals surface area contributed by atoms with Crippen molar-refractivity contribution in [3.63, 3.8) is 0 Å². The van der Waals surface area contributed by atoms with Crippen molar-refractivity contribution >= 4 is 23.0 Å². The summed E-state index contributed by atoms with van der Waals surface area (Å²) in [6.45, 7) is 9.90. The van der Waals surface area contributed by atoms with Crippen LogP contribution in [0, 0.1) is 5.92 Å². The summed E-state index contributed by atoms with van der Waals surface area (Å²) >= 11 is 5.05. The van der Waals surface area contributed by atoms with Crippen LogP contribution in [0.25, 0.3) is 0 Å². The molecule has 0 fully saturated rings. The molecule has 0 bridgehead atoms. The Labute approximate surface area is 122 Å². The van der Waals surface area contributed by atoms with Crippen molar-refractivity contribution in [3.8, 4) is 0 Å². The van der Waals surface area contributed by atoms with E-state index in [1.54, 1.807) is 6.20 Å². The van der Waals surface area contributed by atoms with E-state index in [2.05, 4.69) is 37.6 Å². The van der Waals surface area contributed by atoms with E-state index in [1.165, 1.54) is 0 Å². The minimum atomic E-state index is 0.428. The third-order valence-electron chi connectivity index (χ3n) is 3.27. The predicted octanol–water partition coefficient (Wildman–Crippen LogP) is 3.37.